The van der Waals surface area contributed by atoms with E-state index < -0.39 is 12.1 Å². The van der Waals surface area contributed by atoms with Crippen LogP contribution in [0.2, 0.25) is 0 Å². The molecule has 2 fully saturated rings. The molecule has 0 bridgehead atoms. The number of hydrogen-bond acceptors (Lipinski definition) is 7. The summed E-state index contributed by atoms with van der Waals surface area (Å²) in [6, 6.07) is 2.41. The predicted octanol–water partition coefficient (Wildman–Crippen LogP) is 2.57. The van der Waals surface area contributed by atoms with E-state index in [1.54, 1.807) is 29.2 Å². The minimum atomic E-state index is -5.08. The first-order chi connectivity index (χ1) is 13.2. The number of carboxylic acid groups (broad SMARTS) is 1. The Morgan fingerprint density at radius 1 is 1.29 bits per heavy atom. The molecule has 8 nitrogen and oxygen atoms in total. The lowest BCUT2D eigenvalue weighted by Crippen LogP contribution is -2.39. The first-order valence-electron chi connectivity index (χ1n) is 8.38. The molecule has 2 saturated heterocycles. The highest BCUT2D eigenvalue weighted by Crippen LogP contribution is 2.36. The molecule has 2 aromatic rings. The number of aliphatic carboxylic acids is 1. The zero-order chi connectivity index (χ0) is 20.5. The van der Waals surface area contributed by atoms with Crippen LogP contribution >= 0.6 is 11.3 Å². The molecular weight excluding hydrogens is 401 g/mol. The molecule has 2 atom stereocenters. The average Bonchev–Trinajstić information content (AvgIpc) is 3.38. The summed E-state index contributed by atoms with van der Waals surface area (Å²) in [7, 11) is 0. The third-order valence-electron chi connectivity index (χ3n) is 4.76. The minimum absolute atomic E-state index is 0.0906. The number of likely N-dealkylation sites (tertiary alicyclic amines) is 1. The van der Waals surface area contributed by atoms with Crippen molar-refractivity contribution in [3.63, 3.8) is 0 Å². The van der Waals surface area contributed by atoms with Gasteiger partial charge in [0.25, 0.3) is 5.91 Å². The van der Waals surface area contributed by atoms with Gasteiger partial charge in [-0.05, 0) is 25.8 Å². The van der Waals surface area contributed by atoms with Crippen molar-refractivity contribution in [2.24, 2.45) is 0 Å². The van der Waals surface area contributed by atoms with Crippen LogP contribution in [0.5, 0.6) is 0 Å². The van der Waals surface area contributed by atoms with E-state index in [1.807, 2.05) is 11.8 Å². The third-order valence-corrected chi connectivity index (χ3v) is 5.49. The highest BCUT2D eigenvalue weighted by atomic mass is 32.1. The highest BCUT2D eigenvalue weighted by molar-refractivity contribution is 7.13. The number of hydrogen-bond donors (Lipinski definition) is 1. The number of carbonyl (C=O) groups excluding carboxylic acids is 1. The third kappa shape index (κ3) is 3.96. The summed E-state index contributed by atoms with van der Waals surface area (Å²) in [6.07, 6.45) is -1.52. The van der Waals surface area contributed by atoms with Gasteiger partial charge in [0.1, 0.15) is 11.3 Å². The summed E-state index contributed by atoms with van der Waals surface area (Å²) in [5.41, 5.74) is 2.44. The smallest absolute Gasteiger partial charge is 0.475 e. The molecule has 152 valence electrons. The van der Waals surface area contributed by atoms with Gasteiger partial charge in [-0.15, -0.1) is 10.2 Å². The quantitative estimate of drug-likeness (QED) is 0.800. The highest BCUT2D eigenvalue weighted by Gasteiger charge is 2.45. The second kappa shape index (κ2) is 7.78. The van der Waals surface area contributed by atoms with Crippen LogP contribution in [0.3, 0.4) is 0 Å². The van der Waals surface area contributed by atoms with Gasteiger partial charge in [0.15, 0.2) is 0 Å². The molecule has 1 amide bonds. The second-order valence-corrected chi connectivity index (χ2v) is 7.13. The number of halogens is 3. The number of carboxylic acids is 1. The number of anilines is 1. The topological polar surface area (TPSA) is 99.8 Å². The van der Waals surface area contributed by atoms with E-state index in [-0.39, 0.29) is 11.9 Å². The van der Waals surface area contributed by atoms with Crippen LogP contribution in [0.25, 0.3) is 0 Å². The Morgan fingerprint density at radius 2 is 1.96 bits per heavy atom. The van der Waals surface area contributed by atoms with Crippen molar-refractivity contribution >= 4 is 28.3 Å². The zero-order valence-electron chi connectivity index (χ0n) is 14.7. The normalized spacial score (nSPS) is 21.3. The van der Waals surface area contributed by atoms with E-state index in [2.05, 4.69) is 15.1 Å². The van der Waals surface area contributed by atoms with E-state index in [1.165, 1.54) is 0 Å². The van der Waals surface area contributed by atoms with E-state index in [4.69, 9.17) is 14.3 Å². The van der Waals surface area contributed by atoms with Crippen LogP contribution in [-0.2, 0) is 4.79 Å². The fraction of sp³-hybridized carbons (Fsp3) is 0.500. The monoisotopic (exact) mass is 418 g/mol. The molecule has 2 aromatic heterocycles. The number of amides is 1. The molecule has 1 N–H and O–H groups in total. The summed E-state index contributed by atoms with van der Waals surface area (Å²) in [6.45, 7) is 3.58. The summed E-state index contributed by atoms with van der Waals surface area (Å²) >= 11 is 1.56. The van der Waals surface area contributed by atoms with E-state index in [0.717, 1.165) is 31.1 Å². The second-order valence-electron chi connectivity index (χ2n) is 6.32. The number of alkyl halides is 3. The summed E-state index contributed by atoms with van der Waals surface area (Å²) in [5.74, 6) is -1.97. The molecule has 0 unspecified atom stereocenters. The number of fused-ring (bicyclic) bond motifs is 1. The van der Waals surface area contributed by atoms with Crippen molar-refractivity contribution in [2.75, 3.05) is 18.0 Å². The number of furan rings is 1. The molecule has 0 radical (unpaired) electrons. The number of carbonyl (C=O) groups is 2. The molecular formula is C16H17F3N4O4S. The Balaban J connectivity index is 0.000000279. The Kier molecular flexibility index (Phi) is 5.59. The van der Waals surface area contributed by atoms with Crippen LogP contribution in [0.1, 0.15) is 29.0 Å². The molecule has 28 heavy (non-hydrogen) atoms. The van der Waals surface area contributed by atoms with Crippen molar-refractivity contribution in [1.82, 2.24) is 15.1 Å². The van der Waals surface area contributed by atoms with Gasteiger partial charge in [-0.3, -0.25) is 4.79 Å². The fourth-order valence-corrected chi connectivity index (χ4v) is 4.17. The summed E-state index contributed by atoms with van der Waals surface area (Å²) < 4.78 is 37.0. The van der Waals surface area contributed by atoms with Crippen molar-refractivity contribution in [3.8, 4) is 0 Å². The van der Waals surface area contributed by atoms with Gasteiger partial charge in [-0.1, -0.05) is 11.3 Å². The van der Waals surface area contributed by atoms with Gasteiger partial charge in [-0.25, -0.2) is 4.79 Å². The Labute approximate surface area is 161 Å². The maximum absolute atomic E-state index is 12.7. The van der Waals surface area contributed by atoms with Crippen molar-refractivity contribution in [2.45, 2.75) is 38.0 Å². The summed E-state index contributed by atoms with van der Waals surface area (Å²) in [4.78, 5) is 25.9. The average molecular weight is 418 g/mol. The van der Waals surface area contributed by atoms with E-state index >= 15 is 0 Å². The summed E-state index contributed by atoms with van der Waals surface area (Å²) in [5, 5.41) is 16.2. The lowest BCUT2D eigenvalue weighted by Gasteiger charge is -2.25. The Bertz CT molecular complexity index is 839. The van der Waals surface area contributed by atoms with Gasteiger partial charge < -0.3 is 19.3 Å². The van der Waals surface area contributed by atoms with Gasteiger partial charge in [0.05, 0.1) is 23.9 Å². The molecule has 2 aliphatic rings. The Morgan fingerprint density at radius 3 is 2.50 bits per heavy atom. The lowest BCUT2D eigenvalue weighted by atomic mass is 10.1. The van der Waals surface area contributed by atoms with Gasteiger partial charge in [-0.2, -0.15) is 13.2 Å². The fourth-order valence-electron chi connectivity index (χ4n) is 3.53. The van der Waals surface area contributed by atoms with Crippen LogP contribution < -0.4 is 4.90 Å². The molecule has 12 heteroatoms. The number of aryl methyl sites for hydroxylation is 1. The molecule has 4 heterocycles. The lowest BCUT2D eigenvalue weighted by molar-refractivity contribution is -0.192. The van der Waals surface area contributed by atoms with E-state index in [0.29, 0.717) is 17.4 Å². The predicted molar refractivity (Wildman–Crippen MR) is 92.2 cm³/mol. The first kappa shape index (κ1) is 20.1. The number of rotatable bonds is 2. The molecule has 0 spiro atoms. The first-order valence-corrected chi connectivity index (χ1v) is 9.26. The molecule has 4 rings (SSSR count). The van der Waals surface area contributed by atoms with Gasteiger partial charge in [0.2, 0.25) is 5.13 Å². The van der Waals surface area contributed by atoms with Crippen LogP contribution in [0, 0.1) is 6.92 Å². The van der Waals surface area contributed by atoms with Crippen LogP contribution in [0.15, 0.2) is 22.3 Å². The molecule has 2 aliphatic heterocycles. The van der Waals surface area contributed by atoms with Gasteiger partial charge in [0, 0.05) is 13.1 Å². The minimum Gasteiger partial charge on any atom is -0.475 e. The molecule has 0 aliphatic carbocycles. The van der Waals surface area contributed by atoms with Crippen molar-refractivity contribution in [1.29, 1.82) is 0 Å². The number of nitrogens with zero attached hydrogens (tertiary/aromatic N) is 4. The Hall–Kier alpha value is -2.63. The molecule has 0 saturated carbocycles. The van der Waals surface area contributed by atoms with Crippen molar-refractivity contribution < 1.29 is 32.3 Å². The largest absolute Gasteiger partial charge is 0.490 e. The maximum atomic E-state index is 12.7. The SMILES string of the molecule is Cc1occc1C(=O)N1CC[C@H]2[C@H]1CCN2c1nncs1.O=C(O)C(F)(F)F. The standard InChI is InChI=1S/C14H16N4O2S.C2HF3O2/c1-9-10(4-7-20-9)13(19)17-5-2-12-11(17)3-6-18(12)14-16-15-8-21-14;3-2(4,5)1(6)7/h4,7-8,11-12H,2-3,5-6H2,1H3;(H,6,7)/t11-,12+;/m1./s1. The zero-order valence-corrected chi connectivity index (χ0v) is 15.5. The molecule has 0 aromatic carbocycles. The van der Waals surface area contributed by atoms with Crippen LogP contribution in [0.4, 0.5) is 18.3 Å². The number of aromatic nitrogens is 2. The van der Waals surface area contributed by atoms with Crippen LogP contribution in [-0.4, -0.2) is 63.4 Å². The van der Waals surface area contributed by atoms with Gasteiger partial charge >= 0.3 is 12.1 Å². The maximum Gasteiger partial charge on any atom is 0.490 e. The van der Waals surface area contributed by atoms with Crippen molar-refractivity contribution in [3.05, 3.63) is 29.2 Å². The van der Waals surface area contributed by atoms with E-state index in [9.17, 15) is 18.0 Å².